The number of nitrogens with one attached hydrogen (secondary N) is 1. The van der Waals surface area contributed by atoms with Crippen molar-refractivity contribution in [3.63, 3.8) is 0 Å². The lowest BCUT2D eigenvalue weighted by Gasteiger charge is -2.22. The van der Waals surface area contributed by atoms with Crippen LogP contribution in [0, 0.1) is 0 Å². The minimum Gasteiger partial charge on any atom is -0.497 e. The Morgan fingerprint density at radius 3 is 2.57 bits per heavy atom. The summed E-state index contributed by atoms with van der Waals surface area (Å²) in [4.78, 5) is 15.1. The largest absolute Gasteiger partial charge is 0.497 e. The number of carbonyl (C=O) groups excluding carboxylic acids is 1. The van der Waals surface area contributed by atoms with E-state index in [9.17, 15) is 4.79 Å². The summed E-state index contributed by atoms with van der Waals surface area (Å²) in [5.41, 5.74) is 2.13. The average molecular weight is 441 g/mol. The number of carbonyl (C=O) groups is 1. The number of benzene rings is 2. The average Bonchev–Trinajstić information content (AvgIpc) is 3.49. The van der Waals surface area contributed by atoms with Gasteiger partial charge in [-0.25, -0.2) is 0 Å². The van der Waals surface area contributed by atoms with Gasteiger partial charge in [0.25, 0.3) is 0 Å². The van der Waals surface area contributed by atoms with Gasteiger partial charge in [0.15, 0.2) is 4.34 Å². The highest BCUT2D eigenvalue weighted by Gasteiger charge is 2.29. The summed E-state index contributed by atoms with van der Waals surface area (Å²) in [6.45, 7) is 2.33. The number of methoxy groups -OCH3 is 1. The summed E-state index contributed by atoms with van der Waals surface area (Å²) in [5, 5.41) is 12.3. The van der Waals surface area contributed by atoms with E-state index in [-0.39, 0.29) is 11.2 Å². The predicted molar refractivity (Wildman–Crippen MR) is 121 cm³/mol. The zero-order chi connectivity index (χ0) is 20.8. The van der Waals surface area contributed by atoms with Crippen LogP contribution in [0.25, 0.3) is 0 Å². The highest BCUT2D eigenvalue weighted by Crippen LogP contribution is 2.39. The van der Waals surface area contributed by atoms with Gasteiger partial charge in [-0.15, -0.1) is 10.2 Å². The van der Waals surface area contributed by atoms with Crippen LogP contribution in [0.15, 0.2) is 58.9 Å². The maximum absolute atomic E-state index is 13.2. The number of anilines is 1. The second-order valence-corrected chi connectivity index (χ2v) is 9.35. The third-order valence-corrected chi connectivity index (χ3v) is 7.18. The standard InChI is InChI=1S/C22H24N4O2S2/c1-28-18-11-9-16(10-12-18)15-23-21-24-25-22(30-21)29-19(17-7-3-2-4-8-17)20(27)26-13-5-6-14-26/h2-4,7-12,19H,5-6,13-15H2,1H3,(H,23,24). The van der Waals surface area contributed by atoms with Crippen LogP contribution >= 0.6 is 23.1 Å². The van der Waals surface area contributed by atoms with Gasteiger partial charge >= 0.3 is 0 Å². The molecule has 0 spiro atoms. The Morgan fingerprint density at radius 1 is 1.13 bits per heavy atom. The van der Waals surface area contributed by atoms with Crippen molar-refractivity contribution in [2.24, 2.45) is 0 Å². The molecule has 2 aromatic carbocycles. The molecule has 1 N–H and O–H groups in total. The van der Waals surface area contributed by atoms with Gasteiger partial charge in [0.05, 0.1) is 7.11 Å². The number of thioether (sulfide) groups is 1. The van der Waals surface area contributed by atoms with Crippen molar-refractivity contribution in [3.05, 3.63) is 65.7 Å². The Morgan fingerprint density at radius 2 is 1.87 bits per heavy atom. The smallest absolute Gasteiger partial charge is 0.240 e. The van der Waals surface area contributed by atoms with Gasteiger partial charge in [0.1, 0.15) is 11.0 Å². The van der Waals surface area contributed by atoms with E-state index in [4.69, 9.17) is 4.74 Å². The lowest BCUT2D eigenvalue weighted by molar-refractivity contribution is -0.129. The lowest BCUT2D eigenvalue weighted by atomic mass is 10.1. The van der Waals surface area contributed by atoms with E-state index in [1.807, 2.05) is 59.5 Å². The maximum Gasteiger partial charge on any atom is 0.240 e. The molecule has 1 amide bonds. The van der Waals surface area contributed by atoms with E-state index in [0.717, 1.165) is 52.3 Å². The Hall–Kier alpha value is -2.58. The summed E-state index contributed by atoms with van der Waals surface area (Å²) in [7, 11) is 1.66. The third kappa shape index (κ3) is 5.12. The lowest BCUT2D eigenvalue weighted by Crippen LogP contribution is -2.31. The van der Waals surface area contributed by atoms with Crippen molar-refractivity contribution < 1.29 is 9.53 Å². The molecular formula is C22H24N4O2S2. The summed E-state index contributed by atoms with van der Waals surface area (Å²) in [6.07, 6.45) is 2.16. The maximum atomic E-state index is 13.2. The molecule has 4 rings (SSSR count). The highest BCUT2D eigenvalue weighted by molar-refractivity contribution is 8.01. The summed E-state index contributed by atoms with van der Waals surface area (Å²) in [5.74, 6) is 0.995. The number of likely N-dealkylation sites (tertiary alicyclic amines) is 1. The van der Waals surface area contributed by atoms with Gasteiger partial charge < -0.3 is 15.0 Å². The molecular weight excluding hydrogens is 416 g/mol. The van der Waals surface area contributed by atoms with E-state index >= 15 is 0 Å². The van der Waals surface area contributed by atoms with Gasteiger partial charge in [-0.05, 0) is 36.1 Å². The molecule has 1 aromatic heterocycles. The van der Waals surface area contributed by atoms with Gasteiger partial charge in [-0.3, -0.25) is 4.79 Å². The molecule has 6 nitrogen and oxygen atoms in total. The quantitative estimate of drug-likeness (QED) is 0.516. The number of hydrogen-bond acceptors (Lipinski definition) is 7. The number of nitrogens with zero attached hydrogens (tertiary/aromatic N) is 3. The fraction of sp³-hybridized carbons (Fsp3) is 0.318. The SMILES string of the molecule is COc1ccc(CNc2nnc(SC(C(=O)N3CCCC3)c3ccccc3)s2)cc1. The molecule has 0 bridgehead atoms. The molecule has 1 unspecified atom stereocenters. The van der Waals surface area contributed by atoms with Crippen LogP contribution in [0.5, 0.6) is 5.75 Å². The van der Waals surface area contributed by atoms with Crippen LogP contribution in [-0.2, 0) is 11.3 Å². The van der Waals surface area contributed by atoms with E-state index in [2.05, 4.69) is 15.5 Å². The zero-order valence-corrected chi connectivity index (χ0v) is 18.4. The first kappa shape index (κ1) is 20.7. The molecule has 1 aliphatic rings. The second kappa shape index (κ2) is 9.95. The van der Waals surface area contributed by atoms with Crippen LogP contribution < -0.4 is 10.1 Å². The second-order valence-electron chi connectivity index (χ2n) is 7.02. The molecule has 0 saturated carbocycles. The summed E-state index contributed by atoms with van der Waals surface area (Å²) >= 11 is 2.96. The molecule has 8 heteroatoms. The van der Waals surface area contributed by atoms with Gasteiger partial charge in [0, 0.05) is 19.6 Å². The molecule has 0 radical (unpaired) electrons. The number of aromatic nitrogens is 2. The molecule has 0 aliphatic carbocycles. The summed E-state index contributed by atoms with van der Waals surface area (Å²) in [6, 6.07) is 17.8. The minimum atomic E-state index is -0.299. The molecule has 3 aromatic rings. The summed E-state index contributed by atoms with van der Waals surface area (Å²) < 4.78 is 5.98. The molecule has 1 atom stereocenters. The molecule has 2 heterocycles. The van der Waals surface area contributed by atoms with Crippen LogP contribution in [-0.4, -0.2) is 41.2 Å². The normalized spacial score (nSPS) is 14.5. The molecule has 156 valence electrons. The highest BCUT2D eigenvalue weighted by atomic mass is 32.2. The van der Waals surface area contributed by atoms with Crippen molar-refractivity contribution in [3.8, 4) is 5.75 Å². The first-order valence-corrected chi connectivity index (χ1v) is 11.6. The van der Waals surface area contributed by atoms with Crippen molar-refractivity contribution in [2.75, 3.05) is 25.5 Å². The fourth-order valence-electron chi connectivity index (χ4n) is 3.34. The van der Waals surface area contributed by atoms with Crippen LogP contribution in [0.1, 0.15) is 29.2 Å². The van der Waals surface area contributed by atoms with E-state index in [1.54, 1.807) is 7.11 Å². The van der Waals surface area contributed by atoms with Crippen LogP contribution in [0.2, 0.25) is 0 Å². The van der Waals surface area contributed by atoms with Gasteiger partial charge in [0.2, 0.25) is 11.0 Å². The van der Waals surface area contributed by atoms with Crippen molar-refractivity contribution in [1.82, 2.24) is 15.1 Å². The number of amides is 1. The fourth-order valence-corrected chi connectivity index (χ4v) is 5.37. The number of ether oxygens (including phenoxy) is 1. The molecule has 1 saturated heterocycles. The zero-order valence-electron chi connectivity index (χ0n) is 16.8. The monoisotopic (exact) mass is 440 g/mol. The Balaban J connectivity index is 1.43. The number of hydrogen-bond donors (Lipinski definition) is 1. The molecule has 1 aliphatic heterocycles. The van der Waals surface area contributed by atoms with Crippen molar-refractivity contribution in [1.29, 1.82) is 0 Å². The first-order chi connectivity index (χ1) is 14.7. The molecule has 30 heavy (non-hydrogen) atoms. The van der Waals surface area contributed by atoms with Gasteiger partial charge in [-0.2, -0.15) is 0 Å². The van der Waals surface area contributed by atoms with E-state index in [1.165, 1.54) is 23.1 Å². The predicted octanol–water partition coefficient (Wildman–Crippen LogP) is 4.61. The Bertz CT molecular complexity index is 957. The Labute approximate surface area is 184 Å². The molecule has 1 fully saturated rings. The van der Waals surface area contributed by atoms with Crippen molar-refractivity contribution >= 4 is 34.1 Å². The van der Waals surface area contributed by atoms with Crippen molar-refractivity contribution in [2.45, 2.75) is 29.0 Å². The topological polar surface area (TPSA) is 67.3 Å². The third-order valence-electron chi connectivity index (χ3n) is 4.97. The Kier molecular flexibility index (Phi) is 6.86. The number of rotatable bonds is 8. The van der Waals surface area contributed by atoms with Crippen LogP contribution in [0.3, 0.4) is 0 Å². The first-order valence-electron chi connectivity index (χ1n) is 9.93. The minimum absolute atomic E-state index is 0.159. The van der Waals surface area contributed by atoms with E-state index in [0.29, 0.717) is 6.54 Å². The van der Waals surface area contributed by atoms with Gasteiger partial charge in [-0.1, -0.05) is 65.6 Å². The van der Waals surface area contributed by atoms with E-state index < -0.39 is 0 Å². The van der Waals surface area contributed by atoms with Crippen LogP contribution in [0.4, 0.5) is 5.13 Å².